The molecule has 14 aromatic carbocycles. The minimum absolute atomic E-state index is 0.00725. The van der Waals surface area contributed by atoms with E-state index in [0.717, 1.165) is 138 Å². The van der Waals surface area contributed by atoms with Crippen LogP contribution in [0.5, 0.6) is 0 Å². The molecule has 0 unspecified atom stereocenters. The van der Waals surface area contributed by atoms with E-state index in [1.54, 1.807) is 0 Å². The molecule has 0 radical (unpaired) electrons. The lowest BCUT2D eigenvalue weighted by atomic mass is 10.0. The maximum Gasteiger partial charge on any atom is 0.263 e. The third-order valence-corrected chi connectivity index (χ3v) is 21.9. The third-order valence-electron chi connectivity index (χ3n) is 21.9. The molecule has 9 aromatic heterocycles. The summed E-state index contributed by atoms with van der Waals surface area (Å²) < 4.78 is 12.9. The maximum absolute atomic E-state index is 14.1. The quantitative estimate of drug-likeness (QED) is 0.149. The van der Waals surface area contributed by atoms with Gasteiger partial charge in [-0.15, -0.1) is 0 Å². The molecule has 23 rings (SSSR count). The molecule has 0 bridgehead atoms. The van der Waals surface area contributed by atoms with Gasteiger partial charge in [-0.2, -0.15) is 0 Å². The summed E-state index contributed by atoms with van der Waals surface area (Å²) in [5.74, 6) is 1.57. The van der Waals surface area contributed by atoms with Gasteiger partial charge in [0.25, 0.3) is 11.1 Å². The van der Waals surface area contributed by atoms with E-state index in [1.165, 1.54) is 49.2 Å². The smallest absolute Gasteiger partial charge is 0.263 e. The summed E-state index contributed by atoms with van der Waals surface area (Å²) >= 11 is 0. The molecule has 0 spiro atoms. The van der Waals surface area contributed by atoms with Crippen molar-refractivity contribution in [1.29, 1.82) is 0 Å². The molecule has 0 saturated heterocycles. The minimum atomic E-state index is -0.0489. The number of benzene rings is 14. The second-order valence-corrected chi connectivity index (χ2v) is 27.5. The summed E-state index contributed by atoms with van der Waals surface area (Å²) in [6.45, 7) is 0. The van der Waals surface area contributed by atoms with Gasteiger partial charge in [-0.05, 0) is 160 Å². The van der Waals surface area contributed by atoms with E-state index in [0.29, 0.717) is 10.8 Å². The molecule has 10 heteroatoms. The van der Waals surface area contributed by atoms with Crippen molar-refractivity contribution in [3.8, 4) is 51.0 Å². The van der Waals surface area contributed by atoms with Crippen LogP contribution in [-0.2, 0) is 0 Å². The van der Waals surface area contributed by atoms with Crippen molar-refractivity contribution in [2.24, 2.45) is 0 Å². The second-order valence-electron chi connectivity index (χ2n) is 27.5. The average Bonchev–Trinajstić information content (AvgIpc) is 1.38. The number of aromatic nitrogens is 8. The van der Waals surface area contributed by atoms with Crippen LogP contribution < -0.4 is 11.1 Å². The van der Waals surface area contributed by atoms with Gasteiger partial charge in [0.1, 0.15) is 11.6 Å². The highest BCUT2D eigenvalue weighted by Crippen LogP contribution is 2.44. The Morgan fingerprint density at radius 2 is 0.538 bits per heavy atom. The van der Waals surface area contributed by atoms with Gasteiger partial charge in [0.15, 0.2) is 0 Å². The predicted octanol–water partition coefficient (Wildman–Crippen LogP) is 22.9. The van der Waals surface area contributed by atoms with Gasteiger partial charge in [0, 0.05) is 106 Å². The van der Waals surface area contributed by atoms with E-state index in [1.807, 2.05) is 118 Å². The van der Waals surface area contributed by atoms with Crippen molar-refractivity contribution < 1.29 is 0 Å². The molecule has 0 fully saturated rings. The van der Waals surface area contributed by atoms with Gasteiger partial charge in [0.2, 0.25) is 0 Å². The zero-order chi connectivity index (χ0) is 69.8. The van der Waals surface area contributed by atoms with Crippen molar-refractivity contribution in [1.82, 2.24) is 37.2 Å². The van der Waals surface area contributed by atoms with Crippen molar-refractivity contribution in [2.75, 3.05) is 0 Å². The van der Waals surface area contributed by atoms with Gasteiger partial charge in [-0.25, -0.2) is 9.97 Å². The first-order chi connectivity index (χ1) is 52.5. The molecule has 0 saturated carbocycles. The number of hydrogen-bond donors (Lipinski definition) is 0. The fourth-order valence-electron chi connectivity index (χ4n) is 17.3. The standard InChI is InChI=1S/C48H28N4O.C48H30N4O/c53-48-35-17-5-4-14-32(35)39-28-49-47(45-36-18-8-11-21-42(36)52(48)46(39)45)51-41-20-10-7-16-34(41)38-27-30(23-25-44(38)51)29-22-24-43-37(26-29)33-15-6-9-19-40(33)50(43)31-12-2-1-3-13-31;53-48-38-20-8-7-17-35(38)41-30-49-47(29-46(41)51(48)34-15-5-2-6-16-34)52-43-22-12-10-19-37(43)40-28-32(24-26-45(40)52)31-23-25-44-39(27-31)36-18-9-11-21-42(36)50(44)33-13-3-1-4-14-33/h1-28H;1-30H. The first-order valence-corrected chi connectivity index (χ1v) is 35.8. The van der Waals surface area contributed by atoms with E-state index in [4.69, 9.17) is 9.97 Å². The van der Waals surface area contributed by atoms with Crippen molar-refractivity contribution in [3.63, 3.8) is 0 Å². The normalized spacial score (nSPS) is 12.0. The fraction of sp³-hybridized carbons (Fsp3) is 0. The molecule has 0 aliphatic heterocycles. The van der Waals surface area contributed by atoms with Crippen LogP contribution in [0.2, 0.25) is 0 Å². The Morgan fingerprint density at radius 3 is 1.01 bits per heavy atom. The van der Waals surface area contributed by atoms with Gasteiger partial charge >= 0.3 is 0 Å². The van der Waals surface area contributed by atoms with E-state index in [9.17, 15) is 9.59 Å². The van der Waals surface area contributed by atoms with E-state index in [2.05, 4.69) is 261 Å². The second kappa shape index (κ2) is 23.0. The van der Waals surface area contributed by atoms with Crippen LogP contribution in [-0.4, -0.2) is 37.2 Å². The number of fused-ring (bicyclic) bond motifs is 20. The van der Waals surface area contributed by atoms with Crippen LogP contribution in [0.15, 0.2) is 362 Å². The Balaban J connectivity index is 0.000000132. The van der Waals surface area contributed by atoms with Gasteiger partial charge in [-0.1, -0.05) is 206 Å². The van der Waals surface area contributed by atoms with E-state index in [-0.39, 0.29) is 11.1 Å². The molecule has 10 nitrogen and oxygen atoms in total. The summed E-state index contributed by atoms with van der Waals surface area (Å²) in [7, 11) is 0. The highest BCUT2D eigenvalue weighted by atomic mass is 16.1. The SMILES string of the molecule is O=c1c2ccccc2c2cnc(-n3c4ccccc4c4cc(-c5ccc6c(c5)c5ccccc5n6-c5ccccc5)ccc43)c3c4ccccc4n1c23.O=c1c2ccccc2c2cnc(-n3c4ccccc4c4cc(-c5ccc6c(c5)c5ccccc5n6-c5ccccc5)ccc43)cc2n1-c1ccccc1. The van der Waals surface area contributed by atoms with Gasteiger partial charge in [0.05, 0.1) is 66.1 Å². The van der Waals surface area contributed by atoms with Crippen LogP contribution in [0.1, 0.15) is 0 Å². The van der Waals surface area contributed by atoms with Crippen molar-refractivity contribution in [3.05, 3.63) is 373 Å². The minimum Gasteiger partial charge on any atom is -0.309 e. The van der Waals surface area contributed by atoms with Gasteiger partial charge in [-0.3, -0.25) is 27.7 Å². The Labute approximate surface area is 604 Å². The van der Waals surface area contributed by atoms with Gasteiger partial charge < -0.3 is 9.13 Å². The molecule has 0 N–H and O–H groups in total. The van der Waals surface area contributed by atoms with Crippen LogP contribution in [0, 0.1) is 0 Å². The largest absolute Gasteiger partial charge is 0.309 e. The molecular weight excluding hydrogens is 1300 g/mol. The molecule has 0 atom stereocenters. The molecule has 0 amide bonds. The lowest BCUT2D eigenvalue weighted by Gasteiger charge is -2.15. The number of rotatable bonds is 7. The lowest BCUT2D eigenvalue weighted by molar-refractivity contribution is 1.04. The predicted molar refractivity (Wildman–Crippen MR) is 438 cm³/mol. The topological polar surface area (TPSA) is 89.0 Å². The Bertz CT molecular complexity index is 7750. The lowest BCUT2D eigenvalue weighted by Crippen LogP contribution is -2.19. The van der Waals surface area contributed by atoms with E-state index < -0.39 is 0 Å². The Kier molecular flexibility index (Phi) is 12.9. The zero-order valence-corrected chi connectivity index (χ0v) is 56.9. The first kappa shape index (κ1) is 59.2. The molecular formula is C96H58N8O2. The Morgan fingerprint density at radius 1 is 0.208 bits per heavy atom. The number of hydrogen-bond acceptors (Lipinski definition) is 4. The highest BCUT2D eigenvalue weighted by molar-refractivity contribution is 6.24. The molecule has 106 heavy (non-hydrogen) atoms. The average molecular weight is 1360 g/mol. The molecule has 23 aromatic rings. The van der Waals surface area contributed by atoms with Crippen molar-refractivity contribution >= 4 is 147 Å². The molecule has 0 aliphatic rings. The van der Waals surface area contributed by atoms with Crippen LogP contribution in [0.3, 0.4) is 0 Å². The molecule has 494 valence electrons. The van der Waals surface area contributed by atoms with Crippen molar-refractivity contribution in [2.45, 2.75) is 0 Å². The number of para-hydroxylation sites is 8. The number of pyridine rings is 4. The summed E-state index contributed by atoms with van der Waals surface area (Å²) in [5.41, 5.74) is 19.3. The number of nitrogens with zero attached hydrogens (tertiary/aromatic N) is 8. The van der Waals surface area contributed by atoms with Crippen LogP contribution in [0.25, 0.3) is 198 Å². The monoisotopic (exact) mass is 1350 g/mol. The Hall–Kier alpha value is -14.5. The molecule has 0 aliphatic carbocycles. The van der Waals surface area contributed by atoms with Crippen LogP contribution in [0.4, 0.5) is 0 Å². The summed E-state index contributed by atoms with van der Waals surface area (Å²) in [6, 6.07) is 118. The van der Waals surface area contributed by atoms with Crippen LogP contribution >= 0.6 is 0 Å². The summed E-state index contributed by atoms with van der Waals surface area (Å²) in [5, 5.41) is 16.6. The summed E-state index contributed by atoms with van der Waals surface area (Å²) in [6.07, 6.45) is 3.87. The summed E-state index contributed by atoms with van der Waals surface area (Å²) in [4.78, 5) is 38.6. The van der Waals surface area contributed by atoms with E-state index >= 15 is 0 Å². The maximum atomic E-state index is 14.1. The molecule has 9 heterocycles. The third kappa shape index (κ3) is 8.67. The highest BCUT2D eigenvalue weighted by Gasteiger charge is 2.26. The zero-order valence-electron chi connectivity index (χ0n) is 56.9. The first-order valence-electron chi connectivity index (χ1n) is 35.8. The fourth-order valence-corrected chi connectivity index (χ4v) is 17.3.